The first-order valence-corrected chi connectivity index (χ1v) is 6.69. The van der Waals surface area contributed by atoms with Gasteiger partial charge in [-0.3, -0.25) is 4.79 Å². The maximum atomic E-state index is 12.8. The summed E-state index contributed by atoms with van der Waals surface area (Å²) < 4.78 is 45.1. The Labute approximate surface area is 115 Å². The minimum absolute atomic E-state index is 0.0255. The number of nitrogens with zero attached hydrogens (tertiary/aromatic N) is 1. The van der Waals surface area contributed by atoms with Crippen molar-refractivity contribution in [1.82, 2.24) is 4.57 Å². The maximum Gasteiger partial charge on any atom is 0.418 e. The van der Waals surface area contributed by atoms with E-state index in [0.29, 0.717) is 18.9 Å². The lowest BCUT2D eigenvalue weighted by molar-refractivity contribution is -0.138. The summed E-state index contributed by atoms with van der Waals surface area (Å²) >= 11 is 0. The van der Waals surface area contributed by atoms with Crippen LogP contribution in [0.15, 0.2) is 17.1 Å². The first-order chi connectivity index (χ1) is 9.29. The second kappa shape index (κ2) is 5.60. The van der Waals surface area contributed by atoms with Gasteiger partial charge in [0.05, 0.1) is 11.7 Å². The Morgan fingerprint density at radius 2 is 2.15 bits per heavy atom. The van der Waals surface area contributed by atoms with Gasteiger partial charge in [0.25, 0.3) is 5.56 Å². The second-order valence-corrected chi connectivity index (χ2v) is 5.36. The molecule has 1 aromatic heterocycles. The van der Waals surface area contributed by atoms with Crippen molar-refractivity contribution in [1.29, 1.82) is 0 Å². The molecule has 112 valence electrons. The Balaban J connectivity index is 2.17. The van der Waals surface area contributed by atoms with E-state index in [9.17, 15) is 18.0 Å². The smallest absolute Gasteiger partial charge is 0.378 e. The Bertz CT molecular complexity index is 536. The normalized spacial score (nSPS) is 23.2. The van der Waals surface area contributed by atoms with Gasteiger partial charge in [-0.1, -0.05) is 6.92 Å². The molecule has 2 unspecified atom stereocenters. The lowest BCUT2D eigenvalue weighted by Crippen LogP contribution is -2.26. The number of ether oxygens (including phenoxy) is 1. The summed E-state index contributed by atoms with van der Waals surface area (Å²) in [4.78, 5) is 11.8. The zero-order valence-corrected chi connectivity index (χ0v) is 11.5. The summed E-state index contributed by atoms with van der Waals surface area (Å²) in [5.41, 5.74) is -1.19. The van der Waals surface area contributed by atoms with Gasteiger partial charge in [0.2, 0.25) is 0 Å². The molecule has 2 rings (SSSR count). The van der Waals surface area contributed by atoms with Crippen LogP contribution < -0.4 is 5.56 Å². The Morgan fingerprint density at radius 3 is 2.70 bits per heavy atom. The number of rotatable bonds is 3. The molecule has 2 heterocycles. The molecule has 1 fully saturated rings. The highest BCUT2D eigenvalue weighted by atomic mass is 19.4. The molecule has 2 atom stereocenters. The van der Waals surface area contributed by atoms with Crippen LogP contribution in [0.25, 0.3) is 0 Å². The summed E-state index contributed by atoms with van der Waals surface area (Å²) in [7, 11) is 0. The predicted molar refractivity (Wildman–Crippen MR) is 68.6 cm³/mol. The summed E-state index contributed by atoms with van der Waals surface area (Å²) in [6.07, 6.45) is -1.98. The van der Waals surface area contributed by atoms with E-state index < -0.39 is 17.3 Å². The number of aryl methyl sites for hydroxylation is 2. The van der Waals surface area contributed by atoms with Crippen LogP contribution in [0.1, 0.15) is 30.9 Å². The fraction of sp³-hybridized carbons (Fsp3) is 0.643. The lowest BCUT2D eigenvalue weighted by atomic mass is 10.0. The SMILES string of the molecule is Cc1cc(=O)n(CCC2OCCC2C)cc1C(F)(F)F. The van der Waals surface area contributed by atoms with E-state index in [-0.39, 0.29) is 18.2 Å². The minimum Gasteiger partial charge on any atom is -0.378 e. The van der Waals surface area contributed by atoms with Crippen molar-refractivity contribution in [2.75, 3.05) is 6.61 Å². The quantitative estimate of drug-likeness (QED) is 0.856. The molecule has 1 aliphatic rings. The number of pyridine rings is 1. The van der Waals surface area contributed by atoms with E-state index in [1.165, 1.54) is 6.92 Å². The van der Waals surface area contributed by atoms with Gasteiger partial charge in [-0.05, 0) is 31.2 Å². The van der Waals surface area contributed by atoms with Gasteiger partial charge in [0, 0.05) is 25.4 Å². The van der Waals surface area contributed by atoms with Gasteiger partial charge in [-0.25, -0.2) is 0 Å². The molecule has 0 N–H and O–H groups in total. The Morgan fingerprint density at radius 1 is 1.45 bits per heavy atom. The first-order valence-electron chi connectivity index (χ1n) is 6.69. The van der Waals surface area contributed by atoms with E-state index in [4.69, 9.17) is 4.74 Å². The Hall–Kier alpha value is -1.30. The lowest BCUT2D eigenvalue weighted by Gasteiger charge is -2.17. The van der Waals surface area contributed by atoms with Crippen molar-refractivity contribution in [3.63, 3.8) is 0 Å². The average molecular weight is 289 g/mol. The Kier molecular flexibility index (Phi) is 4.22. The van der Waals surface area contributed by atoms with Crippen LogP contribution in [0.2, 0.25) is 0 Å². The van der Waals surface area contributed by atoms with E-state index in [1.54, 1.807) is 0 Å². The van der Waals surface area contributed by atoms with Gasteiger partial charge in [-0.15, -0.1) is 0 Å². The zero-order valence-electron chi connectivity index (χ0n) is 11.5. The molecular weight excluding hydrogens is 271 g/mol. The van der Waals surface area contributed by atoms with Gasteiger partial charge < -0.3 is 9.30 Å². The third-order valence-electron chi connectivity index (χ3n) is 3.83. The van der Waals surface area contributed by atoms with Gasteiger partial charge >= 0.3 is 6.18 Å². The largest absolute Gasteiger partial charge is 0.418 e. The fourth-order valence-corrected chi connectivity index (χ4v) is 2.53. The van der Waals surface area contributed by atoms with Crippen LogP contribution in [0.3, 0.4) is 0 Å². The van der Waals surface area contributed by atoms with Crippen molar-refractivity contribution < 1.29 is 17.9 Å². The summed E-state index contributed by atoms with van der Waals surface area (Å²) in [5.74, 6) is 0.387. The molecule has 0 saturated carbocycles. The van der Waals surface area contributed by atoms with Gasteiger partial charge in [0.15, 0.2) is 0 Å². The molecule has 1 saturated heterocycles. The topological polar surface area (TPSA) is 31.2 Å². The molecule has 0 radical (unpaired) electrons. The fourth-order valence-electron chi connectivity index (χ4n) is 2.53. The van der Waals surface area contributed by atoms with Crippen LogP contribution in [-0.4, -0.2) is 17.3 Å². The van der Waals surface area contributed by atoms with Crippen molar-refractivity contribution >= 4 is 0 Å². The average Bonchev–Trinajstić information content (AvgIpc) is 2.72. The van der Waals surface area contributed by atoms with Crippen LogP contribution in [-0.2, 0) is 17.5 Å². The van der Waals surface area contributed by atoms with Crippen molar-refractivity contribution in [3.8, 4) is 0 Å². The number of aromatic nitrogens is 1. The van der Waals surface area contributed by atoms with Crippen LogP contribution in [0, 0.1) is 12.8 Å². The second-order valence-electron chi connectivity index (χ2n) is 5.36. The molecule has 1 aliphatic heterocycles. The van der Waals surface area contributed by atoms with E-state index in [2.05, 4.69) is 6.92 Å². The van der Waals surface area contributed by atoms with Crippen molar-refractivity contribution in [2.24, 2.45) is 5.92 Å². The first kappa shape index (κ1) is 15.1. The molecule has 20 heavy (non-hydrogen) atoms. The summed E-state index contributed by atoms with van der Waals surface area (Å²) in [5, 5.41) is 0. The molecule has 0 aliphatic carbocycles. The van der Waals surface area contributed by atoms with Crippen LogP contribution in [0.5, 0.6) is 0 Å². The summed E-state index contributed by atoms with van der Waals surface area (Å²) in [6.45, 7) is 4.28. The minimum atomic E-state index is -4.43. The number of hydrogen-bond donors (Lipinski definition) is 0. The molecule has 0 spiro atoms. The van der Waals surface area contributed by atoms with Crippen molar-refractivity contribution in [3.05, 3.63) is 33.7 Å². The summed E-state index contributed by atoms with van der Waals surface area (Å²) in [6, 6.07) is 1.04. The molecule has 0 bridgehead atoms. The molecule has 3 nitrogen and oxygen atoms in total. The molecular formula is C14H18F3NO2. The van der Waals surface area contributed by atoms with Gasteiger partial charge in [0.1, 0.15) is 0 Å². The highest BCUT2D eigenvalue weighted by Gasteiger charge is 2.33. The monoisotopic (exact) mass is 289 g/mol. The maximum absolute atomic E-state index is 12.8. The van der Waals surface area contributed by atoms with Crippen LogP contribution in [0.4, 0.5) is 13.2 Å². The highest BCUT2D eigenvalue weighted by Crippen LogP contribution is 2.31. The molecule has 6 heteroatoms. The standard InChI is InChI=1S/C14H18F3NO2/c1-9-4-6-20-12(9)3-5-18-8-11(14(15,16)17)10(2)7-13(18)19/h7-9,12H,3-6H2,1-2H3. The number of alkyl halides is 3. The number of hydrogen-bond acceptors (Lipinski definition) is 2. The third-order valence-corrected chi connectivity index (χ3v) is 3.83. The zero-order chi connectivity index (χ0) is 14.9. The molecule has 1 aromatic rings. The van der Waals surface area contributed by atoms with E-state index >= 15 is 0 Å². The van der Waals surface area contributed by atoms with Crippen LogP contribution >= 0.6 is 0 Å². The van der Waals surface area contributed by atoms with Crippen molar-refractivity contribution in [2.45, 2.75) is 45.5 Å². The van der Waals surface area contributed by atoms with E-state index in [0.717, 1.165) is 23.3 Å². The number of halogens is 3. The third kappa shape index (κ3) is 3.23. The molecule has 0 amide bonds. The molecule has 0 aromatic carbocycles. The highest BCUT2D eigenvalue weighted by molar-refractivity contribution is 5.25. The van der Waals surface area contributed by atoms with Gasteiger partial charge in [-0.2, -0.15) is 13.2 Å². The van der Waals surface area contributed by atoms with E-state index in [1.807, 2.05) is 0 Å². The predicted octanol–water partition coefficient (Wildman–Crippen LogP) is 2.99.